The van der Waals surface area contributed by atoms with Gasteiger partial charge in [-0.05, 0) is 69.4 Å². The van der Waals surface area contributed by atoms with Crippen molar-refractivity contribution in [2.45, 2.75) is 52.5 Å². The van der Waals surface area contributed by atoms with Crippen LogP contribution in [0.4, 0.5) is 15.8 Å². The number of rotatable bonds is 2. The smallest absolute Gasteiger partial charge is 0.134 e. The van der Waals surface area contributed by atoms with Gasteiger partial charge in [0.25, 0.3) is 0 Å². The Morgan fingerprint density at radius 2 is 1.92 bits per heavy atom. The maximum Gasteiger partial charge on any atom is 0.134 e. The van der Waals surface area contributed by atoms with Gasteiger partial charge in [0.15, 0.2) is 0 Å². The Morgan fingerprint density at radius 3 is 2.60 bits per heavy atom. The third kappa shape index (κ3) is 3.33. The van der Waals surface area contributed by atoms with Crippen molar-refractivity contribution in [2.24, 2.45) is 4.99 Å². The molecule has 132 valence electrons. The molecule has 2 aromatic rings. The largest absolute Gasteiger partial charge is 0.369 e. The molecule has 1 aliphatic heterocycles. The Balaban J connectivity index is 1.99. The molecule has 0 saturated heterocycles. The fourth-order valence-electron chi connectivity index (χ4n) is 3.79. The highest BCUT2D eigenvalue weighted by Crippen LogP contribution is 2.43. The summed E-state index contributed by atoms with van der Waals surface area (Å²) in [6.45, 7) is 10.7. The van der Waals surface area contributed by atoms with Gasteiger partial charge in [0.05, 0.1) is 5.69 Å². The van der Waals surface area contributed by atoms with Gasteiger partial charge in [-0.1, -0.05) is 24.6 Å². The van der Waals surface area contributed by atoms with Gasteiger partial charge in [-0.3, -0.25) is 4.99 Å². The number of nitrogens with zero attached hydrogens (tertiary/aromatic N) is 2. The van der Waals surface area contributed by atoms with Crippen LogP contribution < -0.4 is 4.90 Å². The number of benzene rings is 2. The molecule has 0 spiro atoms. The number of hydrogen-bond acceptors (Lipinski definition) is 2. The van der Waals surface area contributed by atoms with Gasteiger partial charge in [-0.2, -0.15) is 0 Å². The van der Waals surface area contributed by atoms with E-state index in [4.69, 9.17) is 0 Å². The maximum absolute atomic E-state index is 14.7. The third-order valence-corrected chi connectivity index (χ3v) is 5.45. The summed E-state index contributed by atoms with van der Waals surface area (Å²) in [6.07, 6.45) is 2.70. The predicted molar refractivity (Wildman–Crippen MR) is 105 cm³/mol. The maximum atomic E-state index is 14.7. The van der Waals surface area contributed by atoms with E-state index in [0.717, 1.165) is 23.4 Å². The molecule has 25 heavy (non-hydrogen) atoms. The summed E-state index contributed by atoms with van der Waals surface area (Å²) in [7, 11) is 2.05. The molecule has 0 N–H and O–H groups in total. The molecule has 0 amide bonds. The molecule has 3 rings (SSSR count). The van der Waals surface area contributed by atoms with Gasteiger partial charge in [-0.15, -0.1) is 0 Å². The Morgan fingerprint density at radius 1 is 1.20 bits per heavy atom. The molecule has 0 bridgehead atoms. The van der Waals surface area contributed by atoms with Crippen molar-refractivity contribution in [3.05, 3.63) is 58.4 Å². The van der Waals surface area contributed by atoms with Gasteiger partial charge in [-0.25, -0.2) is 4.39 Å². The van der Waals surface area contributed by atoms with Crippen molar-refractivity contribution in [1.82, 2.24) is 0 Å². The fraction of sp³-hybridized carbons (Fsp3) is 0.409. The zero-order valence-corrected chi connectivity index (χ0v) is 16.0. The van der Waals surface area contributed by atoms with Crippen molar-refractivity contribution in [1.29, 1.82) is 0 Å². The van der Waals surface area contributed by atoms with E-state index in [1.54, 1.807) is 12.3 Å². The van der Waals surface area contributed by atoms with E-state index in [0.29, 0.717) is 11.5 Å². The van der Waals surface area contributed by atoms with Gasteiger partial charge >= 0.3 is 0 Å². The highest BCUT2D eigenvalue weighted by Gasteiger charge is 2.34. The number of anilines is 1. The topological polar surface area (TPSA) is 15.6 Å². The molecule has 0 radical (unpaired) electrons. The second-order valence-electron chi connectivity index (χ2n) is 7.96. The molecular weight excluding hydrogens is 311 g/mol. The Kier molecular flexibility index (Phi) is 4.44. The monoisotopic (exact) mass is 338 g/mol. The minimum absolute atomic E-state index is 0.0352. The van der Waals surface area contributed by atoms with Crippen LogP contribution in [-0.4, -0.2) is 18.8 Å². The van der Waals surface area contributed by atoms with Crippen LogP contribution in [0, 0.1) is 19.7 Å². The van der Waals surface area contributed by atoms with E-state index in [2.05, 4.69) is 43.7 Å². The second kappa shape index (κ2) is 6.29. The highest BCUT2D eigenvalue weighted by molar-refractivity contribution is 5.84. The van der Waals surface area contributed by atoms with Crippen LogP contribution in [0.25, 0.3) is 0 Å². The van der Waals surface area contributed by atoms with Crippen LogP contribution in [0.5, 0.6) is 0 Å². The first kappa shape index (κ1) is 17.7. The lowest BCUT2D eigenvalue weighted by Crippen LogP contribution is -2.45. The zero-order chi connectivity index (χ0) is 18.4. The van der Waals surface area contributed by atoms with E-state index in [-0.39, 0.29) is 11.4 Å². The molecule has 1 unspecified atom stereocenters. The van der Waals surface area contributed by atoms with Gasteiger partial charge in [0, 0.05) is 30.1 Å². The predicted octanol–water partition coefficient (Wildman–Crippen LogP) is 5.92. The SMILES string of the molecule is Cc1ccc(N=Cc2cc3c(cc2F)N(C)C(C)(C)CC3C)c(C)c1. The minimum Gasteiger partial charge on any atom is -0.369 e. The van der Waals surface area contributed by atoms with E-state index >= 15 is 0 Å². The Labute approximate surface area is 150 Å². The molecule has 2 nitrogen and oxygen atoms in total. The molecule has 3 heteroatoms. The van der Waals surface area contributed by atoms with Crippen LogP contribution in [0.3, 0.4) is 0 Å². The Bertz CT molecular complexity index is 836. The summed E-state index contributed by atoms with van der Waals surface area (Å²) >= 11 is 0. The van der Waals surface area contributed by atoms with Crippen molar-refractivity contribution in [3.63, 3.8) is 0 Å². The zero-order valence-electron chi connectivity index (χ0n) is 16.0. The van der Waals surface area contributed by atoms with Gasteiger partial charge < -0.3 is 4.90 Å². The van der Waals surface area contributed by atoms with Crippen LogP contribution in [0.1, 0.15) is 55.4 Å². The van der Waals surface area contributed by atoms with Crippen LogP contribution in [0.2, 0.25) is 0 Å². The summed E-state index contributed by atoms with van der Waals surface area (Å²) in [5.41, 5.74) is 5.97. The number of hydrogen-bond donors (Lipinski definition) is 0. The van der Waals surface area contributed by atoms with Crippen molar-refractivity contribution >= 4 is 17.6 Å². The van der Waals surface area contributed by atoms with E-state index < -0.39 is 0 Å². The first-order chi connectivity index (χ1) is 11.7. The highest BCUT2D eigenvalue weighted by atomic mass is 19.1. The average molecular weight is 338 g/mol. The Hall–Kier alpha value is -2.16. The summed E-state index contributed by atoms with van der Waals surface area (Å²) in [4.78, 5) is 6.71. The normalized spacial score (nSPS) is 19.3. The molecule has 1 heterocycles. The standard InChI is InChI=1S/C22H27FN2/c1-14-7-8-20(15(2)9-14)24-13-17-10-18-16(3)12-22(4,5)25(6)21(18)11-19(17)23/h7-11,13,16H,12H2,1-6H3. The lowest BCUT2D eigenvalue weighted by Gasteiger charge is -2.45. The molecular formula is C22H27FN2. The number of aryl methyl sites for hydroxylation is 2. The van der Waals surface area contributed by atoms with Crippen molar-refractivity contribution in [2.75, 3.05) is 11.9 Å². The first-order valence-electron chi connectivity index (χ1n) is 8.87. The third-order valence-electron chi connectivity index (χ3n) is 5.45. The van der Waals surface area contributed by atoms with Gasteiger partial charge in [0.2, 0.25) is 0 Å². The summed E-state index contributed by atoms with van der Waals surface area (Å²) < 4.78 is 14.7. The van der Waals surface area contributed by atoms with Crippen LogP contribution in [0.15, 0.2) is 35.3 Å². The van der Waals surface area contributed by atoms with E-state index in [1.165, 1.54) is 11.1 Å². The van der Waals surface area contributed by atoms with Crippen molar-refractivity contribution in [3.8, 4) is 0 Å². The van der Waals surface area contributed by atoms with Crippen molar-refractivity contribution < 1.29 is 4.39 Å². The molecule has 0 saturated carbocycles. The van der Waals surface area contributed by atoms with Crippen LogP contribution in [-0.2, 0) is 0 Å². The number of halogens is 1. The first-order valence-corrected chi connectivity index (χ1v) is 8.87. The quantitative estimate of drug-likeness (QED) is 0.621. The van der Waals surface area contributed by atoms with E-state index in [1.807, 2.05) is 32.2 Å². The minimum atomic E-state index is -0.219. The van der Waals surface area contributed by atoms with Crippen LogP contribution >= 0.6 is 0 Å². The van der Waals surface area contributed by atoms with E-state index in [9.17, 15) is 4.39 Å². The second-order valence-corrected chi connectivity index (χ2v) is 7.96. The molecule has 1 aliphatic rings. The summed E-state index contributed by atoms with van der Waals surface area (Å²) in [5, 5.41) is 0. The number of aliphatic imine (C=N–C) groups is 1. The molecule has 2 aromatic carbocycles. The average Bonchev–Trinajstić information content (AvgIpc) is 2.52. The summed E-state index contributed by atoms with van der Waals surface area (Å²) in [5.74, 6) is 0.180. The van der Waals surface area contributed by atoms with Gasteiger partial charge in [0.1, 0.15) is 5.82 Å². The lowest BCUT2D eigenvalue weighted by molar-refractivity contribution is 0.394. The molecule has 1 atom stereocenters. The lowest BCUT2D eigenvalue weighted by atomic mass is 9.80. The molecule has 0 aromatic heterocycles. The molecule has 0 aliphatic carbocycles. The number of fused-ring (bicyclic) bond motifs is 1. The molecule has 0 fully saturated rings. The fourth-order valence-corrected chi connectivity index (χ4v) is 3.79. The summed E-state index contributed by atoms with van der Waals surface area (Å²) in [6, 6.07) is 9.73.